The lowest BCUT2D eigenvalue weighted by atomic mass is 9.86. The third-order valence-corrected chi connectivity index (χ3v) is 5.13. The minimum Gasteiger partial charge on any atom is -0.314 e. The van der Waals surface area contributed by atoms with Gasteiger partial charge in [0.1, 0.15) is 0 Å². The van der Waals surface area contributed by atoms with Crippen LogP contribution in [0.5, 0.6) is 0 Å². The highest BCUT2D eigenvalue weighted by atomic mass is 35.5. The third-order valence-electron chi connectivity index (χ3n) is 5.13. The van der Waals surface area contributed by atoms with Gasteiger partial charge in [0.05, 0.1) is 0 Å². The molecular formula is C18H30ClN3. The summed E-state index contributed by atoms with van der Waals surface area (Å²) in [6.45, 7) is 11.4. The van der Waals surface area contributed by atoms with Gasteiger partial charge in [-0.05, 0) is 29.9 Å². The van der Waals surface area contributed by atoms with Crippen LogP contribution in [0.1, 0.15) is 43.7 Å². The molecule has 0 unspecified atom stereocenters. The van der Waals surface area contributed by atoms with E-state index < -0.39 is 0 Å². The van der Waals surface area contributed by atoms with E-state index in [2.05, 4.69) is 53.6 Å². The average molecular weight is 324 g/mol. The zero-order valence-electron chi connectivity index (χ0n) is 13.9. The lowest BCUT2D eigenvalue weighted by molar-refractivity contribution is 0.116. The molecule has 124 valence electrons. The third kappa shape index (κ3) is 4.23. The van der Waals surface area contributed by atoms with E-state index in [0.29, 0.717) is 11.5 Å². The topological polar surface area (TPSA) is 27.3 Å². The van der Waals surface area contributed by atoms with Crippen molar-refractivity contribution in [1.82, 2.24) is 15.5 Å². The van der Waals surface area contributed by atoms with E-state index in [1.807, 2.05) is 0 Å². The van der Waals surface area contributed by atoms with Crippen LogP contribution in [0.15, 0.2) is 24.3 Å². The number of rotatable bonds is 3. The standard InChI is InChI=1S/C18H29N3.ClH/c1-15(2)17-5-3-16(4-6-17)13-21-11-7-18(8-12-21)14-19-9-10-20-18;/h3-6,15,19-20H,7-14H2,1-2H3;1H. The summed E-state index contributed by atoms with van der Waals surface area (Å²) in [7, 11) is 0. The van der Waals surface area contributed by atoms with E-state index in [4.69, 9.17) is 0 Å². The van der Waals surface area contributed by atoms with Crippen LogP contribution in [-0.4, -0.2) is 43.2 Å². The number of hydrogen-bond donors (Lipinski definition) is 2. The van der Waals surface area contributed by atoms with Crippen LogP contribution in [0, 0.1) is 0 Å². The van der Waals surface area contributed by atoms with Crippen molar-refractivity contribution in [3.8, 4) is 0 Å². The van der Waals surface area contributed by atoms with Crippen LogP contribution in [0.2, 0.25) is 0 Å². The summed E-state index contributed by atoms with van der Waals surface area (Å²) in [5, 5.41) is 7.30. The Kier molecular flexibility index (Phi) is 6.27. The quantitative estimate of drug-likeness (QED) is 0.895. The van der Waals surface area contributed by atoms with Gasteiger partial charge in [-0.15, -0.1) is 12.4 Å². The van der Waals surface area contributed by atoms with Crippen LogP contribution < -0.4 is 10.6 Å². The number of hydrogen-bond acceptors (Lipinski definition) is 3. The van der Waals surface area contributed by atoms with E-state index in [0.717, 1.165) is 26.2 Å². The molecule has 2 aliphatic heterocycles. The molecule has 1 aromatic carbocycles. The fraction of sp³-hybridized carbons (Fsp3) is 0.667. The molecule has 0 saturated carbocycles. The van der Waals surface area contributed by atoms with Gasteiger partial charge in [0, 0.05) is 44.8 Å². The molecule has 0 aromatic heterocycles. The fourth-order valence-electron chi connectivity index (χ4n) is 3.57. The minimum atomic E-state index is 0. The first-order valence-corrected chi connectivity index (χ1v) is 8.44. The zero-order valence-corrected chi connectivity index (χ0v) is 14.7. The van der Waals surface area contributed by atoms with Crippen LogP contribution >= 0.6 is 12.4 Å². The number of nitrogens with one attached hydrogen (secondary N) is 2. The van der Waals surface area contributed by atoms with Crippen LogP contribution in [0.25, 0.3) is 0 Å². The van der Waals surface area contributed by atoms with Crippen molar-refractivity contribution in [2.45, 2.75) is 44.7 Å². The van der Waals surface area contributed by atoms with Gasteiger partial charge in [-0.2, -0.15) is 0 Å². The van der Waals surface area contributed by atoms with E-state index >= 15 is 0 Å². The molecule has 2 fully saturated rings. The number of halogens is 1. The predicted octanol–water partition coefficient (Wildman–Crippen LogP) is 2.76. The van der Waals surface area contributed by atoms with E-state index in [1.165, 1.54) is 37.1 Å². The first kappa shape index (κ1) is 17.7. The summed E-state index contributed by atoms with van der Waals surface area (Å²) in [5.74, 6) is 0.624. The van der Waals surface area contributed by atoms with Crippen molar-refractivity contribution in [2.24, 2.45) is 0 Å². The number of benzene rings is 1. The van der Waals surface area contributed by atoms with E-state index in [9.17, 15) is 0 Å². The first-order chi connectivity index (χ1) is 10.2. The Hall–Kier alpha value is -0.610. The SMILES string of the molecule is CC(C)c1ccc(CN2CCC3(CC2)CNCCN3)cc1.Cl. The van der Waals surface area contributed by atoms with Gasteiger partial charge in [0.15, 0.2) is 0 Å². The maximum Gasteiger partial charge on any atom is 0.0331 e. The fourth-order valence-corrected chi connectivity index (χ4v) is 3.57. The molecule has 0 atom stereocenters. The zero-order chi connectivity index (χ0) is 14.7. The smallest absolute Gasteiger partial charge is 0.0331 e. The monoisotopic (exact) mass is 323 g/mol. The molecule has 1 spiro atoms. The number of piperazine rings is 1. The Morgan fingerprint density at radius 3 is 2.32 bits per heavy atom. The second kappa shape index (κ2) is 7.78. The maximum atomic E-state index is 3.75. The van der Waals surface area contributed by atoms with Crippen LogP contribution in [0.4, 0.5) is 0 Å². The second-order valence-electron chi connectivity index (χ2n) is 7.06. The highest BCUT2D eigenvalue weighted by Gasteiger charge is 2.35. The summed E-state index contributed by atoms with van der Waals surface area (Å²) in [5.41, 5.74) is 3.26. The molecule has 0 amide bonds. The normalized spacial score (nSPS) is 21.8. The largest absolute Gasteiger partial charge is 0.314 e. The second-order valence-corrected chi connectivity index (χ2v) is 7.06. The van der Waals surface area contributed by atoms with Gasteiger partial charge in [0.25, 0.3) is 0 Å². The highest BCUT2D eigenvalue weighted by Crippen LogP contribution is 2.24. The minimum absolute atomic E-state index is 0. The van der Waals surface area contributed by atoms with Crippen molar-refractivity contribution < 1.29 is 0 Å². The van der Waals surface area contributed by atoms with Crippen LogP contribution in [0.3, 0.4) is 0 Å². The lowest BCUT2D eigenvalue weighted by Gasteiger charge is -2.45. The van der Waals surface area contributed by atoms with Gasteiger partial charge in [-0.1, -0.05) is 38.1 Å². The molecule has 0 radical (unpaired) electrons. The molecule has 2 aliphatic rings. The molecule has 1 aromatic rings. The average Bonchev–Trinajstić information content (AvgIpc) is 2.51. The van der Waals surface area contributed by atoms with Crippen molar-refractivity contribution in [3.05, 3.63) is 35.4 Å². The predicted molar refractivity (Wildman–Crippen MR) is 95.9 cm³/mol. The van der Waals surface area contributed by atoms with Gasteiger partial charge in [-0.25, -0.2) is 0 Å². The van der Waals surface area contributed by atoms with Gasteiger partial charge >= 0.3 is 0 Å². The molecule has 3 rings (SSSR count). The summed E-state index contributed by atoms with van der Waals surface area (Å²) < 4.78 is 0. The summed E-state index contributed by atoms with van der Waals surface area (Å²) >= 11 is 0. The Labute approximate surface area is 141 Å². The molecule has 22 heavy (non-hydrogen) atoms. The summed E-state index contributed by atoms with van der Waals surface area (Å²) in [6.07, 6.45) is 2.54. The number of nitrogens with zero attached hydrogens (tertiary/aromatic N) is 1. The summed E-state index contributed by atoms with van der Waals surface area (Å²) in [4.78, 5) is 2.60. The molecule has 0 bridgehead atoms. The van der Waals surface area contributed by atoms with E-state index in [-0.39, 0.29) is 12.4 Å². The summed E-state index contributed by atoms with van der Waals surface area (Å²) in [6, 6.07) is 9.19. The van der Waals surface area contributed by atoms with Gasteiger partial charge in [-0.3, -0.25) is 4.90 Å². The highest BCUT2D eigenvalue weighted by molar-refractivity contribution is 5.85. The number of piperidine rings is 1. The van der Waals surface area contributed by atoms with Crippen LogP contribution in [-0.2, 0) is 6.54 Å². The Bertz CT molecular complexity index is 442. The molecule has 2 N–H and O–H groups in total. The molecule has 0 aliphatic carbocycles. The van der Waals surface area contributed by atoms with Crippen molar-refractivity contribution in [1.29, 1.82) is 0 Å². The molecule has 3 nitrogen and oxygen atoms in total. The Morgan fingerprint density at radius 1 is 1.09 bits per heavy atom. The molecule has 4 heteroatoms. The van der Waals surface area contributed by atoms with Crippen molar-refractivity contribution >= 4 is 12.4 Å². The number of likely N-dealkylation sites (tertiary alicyclic amines) is 1. The molecule has 2 heterocycles. The van der Waals surface area contributed by atoms with Gasteiger partial charge in [0.2, 0.25) is 0 Å². The van der Waals surface area contributed by atoms with Crippen molar-refractivity contribution in [2.75, 3.05) is 32.7 Å². The lowest BCUT2D eigenvalue weighted by Crippen LogP contribution is -2.63. The van der Waals surface area contributed by atoms with E-state index in [1.54, 1.807) is 0 Å². The maximum absolute atomic E-state index is 3.75. The van der Waals surface area contributed by atoms with Crippen molar-refractivity contribution in [3.63, 3.8) is 0 Å². The Morgan fingerprint density at radius 2 is 1.77 bits per heavy atom. The molecular weight excluding hydrogens is 294 g/mol. The Balaban J connectivity index is 0.00000176. The molecule has 2 saturated heterocycles. The first-order valence-electron chi connectivity index (χ1n) is 8.44. The van der Waals surface area contributed by atoms with Gasteiger partial charge < -0.3 is 10.6 Å².